The number of allylic oxidation sites excluding steroid dienone is 2. The van der Waals surface area contributed by atoms with E-state index in [0.717, 1.165) is 64.2 Å². The lowest BCUT2D eigenvalue weighted by Crippen LogP contribution is -2.66. The number of aliphatic carboxylic acids is 1. The number of rotatable bonds is 4. The first kappa shape index (κ1) is 34.3. The third kappa shape index (κ3) is 4.64. The minimum atomic E-state index is -1.62. The van der Waals surface area contributed by atoms with Crippen LogP contribution in [0.15, 0.2) is 11.6 Å². The quantitative estimate of drug-likeness (QED) is 0.183. The summed E-state index contributed by atoms with van der Waals surface area (Å²) in [6, 6.07) is 0. The number of hydrogen-bond acceptors (Lipinski definition) is 8. The maximum atomic E-state index is 13.0. The molecule has 2 unspecified atom stereocenters. The zero-order chi connectivity index (χ0) is 33.8. The molecule has 6 rings (SSSR count). The van der Waals surface area contributed by atoms with Gasteiger partial charge in [-0.2, -0.15) is 0 Å². The molecule has 1 saturated heterocycles. The van der Waals surface area contributed by atoms with Crippen molar-refractivity contribution in [3.05, 3.63) is 11.6 Å². The van der Waals surface area contributed by atoms with Crippen LogP contribution in [0.25, 0.3) is 0 Å². The first-order chi connectivity index (χ1) is 21.3. The van der Waals surface area contributed by atoms with Crippen molar-refractivity contribution in [2.24, 2.45) is 50.2 Å². The van der Waals surface area contributed by atoms with E-state index >= 15 is 0 Å². The summed E-state index contributed by atoms with van der Waals surface area (Å²) >= 11 is 0. The number of methoxy groups -OCH3 is 1. The number of carbonyl (C=O) groups excluding carboxylic acids is 1. The van der Waals surface area contributed by atoms with Crippen LogP contribution in [-0.4, -0.2) is 76.3 Å². The Morgan fingerprint density at radius 3 is 2.17 bits per heavy atom. The average molecular weight is 647 g/mol. The van der Waals surface area contributed by atoms with Crippen molar-refractivity contribution in [2.45, 2.75) is 149 Å². The van der Waals surface area contributed by atoms with Crippen LogP contribution in [-0.2, 0) is 23.8 Å². The van der Waals surface area contributed by atoms with E-state index in [1.54, 1.807) is 0 Å². The molecular formula is C37H58O9. The number of carboxylic acid groups (broad SMARTS) is 1. The molecule has 0 spiro atoms. The van der Waals surface area contributed by atoms with Crippen LogP contribution in [0.5, 0.6) is 0 Å². The first-order valence-corrected chi connectivity index (χ1v) is 17.7. The summed E-state index contributed by atoms with van der Waals surface area (Å²) in [5.74, 6) is -0.600. The molecular weight excluding hydrogens is 588 g/mol. The van der Waals surface area contributed by atoms with Gasteiger partial charge in [0.15, 0.2) is 12.4 Å². The molecule has 0 radical (unpaired) electrons. The highest BCUT2D eigenvalue weighted by Crippen LogP contribution is 2.76. The third-order valence-electron chi connectivity index (χ3n) is 15.3. The molecule has 1 heterocycles. The summed E-state index contributed by atoms with van der Waals surface area (Å²) in [6.45, 7) is 16.5. The van der Waals surface area contributed by atoms with Gasteiger partial charge in [-0.05, 0) is 109 Å². The van der Waals surface area contributed by atoms with Crippen LogP contribution in [0.4, 0.5) is 0 Å². The van der Waals surface area contributed by atoms with Gasteiger partial charge in [-0.3, -0.25) is 4.79 Å². The van der Waals surface area contributed by atoms with E-state index in [9.17, 15) is 30.0 Å². The highest BCUT2D eigenvalue weighted by atomic mass is 16.7. The number of esters is 1. The molecule has 9 nitrogen and oxygen atoms in total. The fourth-order valence-electron chi connectivity index (χ4n) is 12.3. The molecule has 13 atom stereocenters. The van der Waals surface area contributed by atoms with Gasteiger partial charge in [-0.1, -0.05) is 60.1 Å². The van der Waals surface area contributed by atoms with Crippen LogP contribution in [0.1, 0.15) is 113 Å². The molecule has 260 valence electrons. The Morgan fingerprint density at radius 1 is 0.848 bits per heavy atom. The van der Waals surface area contributed by atoms with Gasteiger partial charge in [0.05, 0.1) is 18.6 Å². The zero-order valence-electron chi connectivity index (χ0n) is 29.2. The van der Waals surface area contributed by atoms with Gasteiger partial charge in [0, 0.05) is 0 Å². The van der Waals surface area contributed by atoms with Crippen LogP contribution < -0.4 is 0 Å². The Hall–Kier alpha value is -1.52. The topological polar surface area (TPSA) is 143 Å². The Bertz CT molecular complexity index is 1280. The standard InChI is InChI=1S/C37H58O9/c1-32(2)15-17-37(31(42)43)18-16-35(6)20(21(37)19-32)9-10-23-34(5)13-12-24(33(3,4)22(34)11-14-36(23,35)7)45-30-27(40)25(38)26(39)28(46-30)29(41)44-8/h9,21-28,30,38-40H,10-19H2,1-8H3,(H,42,43)/t21-,22?,23?,24-,25-,26-,27+,28-,30+,34-,35+,36+,37-/m0/s1. The summed E-state index contributed by atoms with van der Waals surface area (Å²) in [4.78, 5) is 25.2. The monoisotopic (exact) mass is 646 g/mol. The predicted octanol–water partition coefficient (Wildman–Crippen LogP) is 5.24. The lowest BCUT2D eigenvalue weighted by Gasteiger charge is -2.71. The van der Waals surface area contributed by atoms with Gasteiger partial charge in [0.2, 0.25) is 0 Å². The molecule has 0 aromatic rings. The van der Waals surface area contributed by atoms with Crippen LogP contribution in [0.2, 0.25) is 0 Å². The van der Waals surface area contributed by atoms with Gasteiger partial charge in [-0.15, -0.1) is 0 Å². The Morgan fingerprint density at radius 2 is 1.52 bits per heavy atom. The number of aliphatic hydroxyl groups is 3. The molecule has 0 bridgehead atoms. The van der Waals surface area contributed by atoms with Crippen LogP contribution in [0, 0.1) is 50.2 Å². The Kier molecular flexibility index (Phi) is 8.21. The molecule has 4 saturated carbocycles. The summed E-state index contributed by atoms with van der Waals surface area (Å²) in [5, 5.41) is 42.4. The van der Waals surface area contributed by atoms with Crippen molar-refractivity contribution in [3.8, 4) is 0 Å². The van der Waals surface area contributed by atoms with Crippen LogP contribution >= 0.6 is 0 Å². The fourth-order valence-corrected chi connectivity index (χ4v) is 12.3. The van der Waals surface area contributed by atoms with Gasteiger partial charge < -0.3 is 34.6 Å². The SMILES string of the molecule is COC(=O)[C@H]1O[C@@H](O[C@H]2CC[C@@]3(C)C(CC[C@]4(C)C3CC=C3[C@@H]5CC(C)(C)CC[C@]5(C(=O)O)CC[C@]34C)C2(C)C)[C@H](O)[C@@H](O)[C@@H]1O. The van der Waals surface area contributed by atoms with E-state index in [1.165, 1.54) is 12.7 Å². The highest BCUT2D eigenvalue weighted by molar-refractivity contribution is 5.77. The van der Waals surface area contributed by atoms with E-state index in [2.05, 4.69) is 54.5 Å². The van der Waals surface area contributed by atoms with E-state index in [0.29, 0.717) is 11.8 Å². The minimum Gasteiger partial charge on any atom is -0.481 e. The lowest BCUT2D eigenvalue weighted by atomic mass is 9.33. The normalized spacial score (nSPS) is 50.9. The van der Waals surface area contributed by atoms with Crippen molar-refractivity contribution >= 4 is 11.9 Å². The van der Waals surface area contributed by atoms with Gasteiger partial charge in [0.1, 0.15) is 18.3 Å². The highest BCUT2D eigenvalue weighted by Gasteiger charge is 2.69. The van der Waals surface area contributed by atoms with E-state index in [-0.39, 0.29) is 39.1 Å². The average Bonchev–Trinajstić information content (AvgIpc) is 2.98. The molecule has 1 aliphatic heterocycles. The Labute approximate surface area is 274 Å². The molecule has 6 aliphatic rings. The fraction of sp³-hybridized carbons (Fsp3) is 0.892. The van der Waals surface area contributed by atoms with Crippen molar-refractivity contribution in [1.82, 2.24) is 0 Å². The Balaban J connectivity index is 1.28. The lowest BCUT2D eigenvalue weighted by molar-refractivity contribution is -0.324. The third-order valence-corrected chi connectivity index (χ3v) is 15.3. The maximum absolute atomic E-state index is 13.0. The maximum Gasteiger partial charge on any atom is 0.337 e. The number of carboxylic acids is 1. The molecule has 9 heteroatoms. The smallest absolute Gasteiger partial charge is 0.337 e. The molecule has 0 amide bonds. The number of hydrogen-bond donors (Lipinski definition) is 4. The summed E-state index contributed by atoms with van der Waals surface area (Å²) in [5.41, 5.74) is 0.605. The van der Waals surface area contributed by atoms with Gasteiger partial charge >= 0.3 is 11.9 Å². The van der Waals surface area contributed by atoms with Crippen molar-refractivity contribution < 1.29 is 44.2 Å². The molecule has 4 N–H and O–H groups in total. The van der Waals surface area contributed by atoms with Gasteiger partial charge in [-0.25, -0.2) is 4.79 Å². The second-order valence-corrected chi connectivity index (χ2v) is 18.1. The van der Waals surface area contributed by atoms with E-state index in [4.69, 9.17) is 14.2 Å². The summed E-state index contributed by atoms with van der Waals surface area (Å²) in [7, 11) is 1.18. The second kappa shape index (κ2) is 11.0. The predicted molar refractivity (Wildman–Crippen MR) is 170 cm³/mol. The number of fused-ring (bicyclic) bond motifs is 7. The number of ether oxygens (including phenoxy) is 3. The zero-order valence-corrected chi connectivity index (χ0v) is 29.2. The summed E-state index contributed by atoms with van der Waals surface area (Å²) < 4.78 is 17.0. The molecule has 5 aliphatic carbocycles. The minimum absolute atomic E-state index is 0.0187. The molecule has 46 heavy (non-hydrogen) atoms. The number of carbonyl (C=O) groups is 2. The van der Waals surface area contributed by atoms with Gasteiger partial charge in [0.25, 0.3) is 0 Å². The van der Waals surface area contributed by atoms with E-state index in [1.807, 2.05) is 0 Å². The van der Waals surface area contributed by atoms with Crippen LogP contribution in [0.3, 0.4) is 0 Å². The van der Waals surface area contributed by atoms with Crippen molar-refractivity contribution in [1.29, 1.82) is 0 Å². The second-order valence-electron chi connectivity index (χ2n) is 18.1. The van der Waals surface area contributed by atoms with Crippen molar-refractivity contribution in [2.75, 3.05) is 7.11 Å². The number of aliphatic hydroxyl groups excluding tert-OH is 3. The molecule has 0 aromatic carbocycles. The largest absolute Gasteiger partial charge is 0.481 e. The molecule has 0 aromatic heterocycles. The summed E-state index contributed by atoms with van der Waals surface area (Å²) in [6.07, 6.45) is 3.73. The van der Waals surface area contributed by atoms with E-state index < -0.39 is 48.1 Å². The first-order valence-electron chi connectivity index (χ1n) is 17.7. The van der Waals surface area contributed by atoms with Crippen molar-refractivity contribution in [3.63, 3.8) is 0 Å². The molecule has 5 fully saturated rings.